The van der Waals surface area contributed by atoms with Gasteiger partial charge in [0.1, 0.15) is 28.2 Å². The molecule has 4 N–H and O–H groups in total. The normalized spacial score (nSPS) is 17.6. The van der Waals surface area contributed by atoms with Crippen molar-refractivity contribution in [2.45, 2.75) is 12.8 Å². The molecular formula is C37H43Cl2N9O3. The number of carbonyl (C=O) groups is 1. The van der Waals surface area contributed by atoms with Crippen LogP contribution in [0, 0.1) is 5.21 Å². The van der Waals surface area contributed by atoms with Gasteiger partial charge in [-0.15, -0.1) is 0 Å². The number of amides is 1. The van der Waals surface area contributed by atoms with Gasteiger partial charge < -0.3 is 45.7 Å². The Labute approximate surface area is 308 Å². The molecule has 1 saturated heterocycles. The highest BCUT2D eigenvalue weighted by molar-refractivity contribution is 6.32. The van der Waals surface area contributed by atoms with E-state index in [0.29, 0.717) is 58.0 Å². The molecule has 12 nitrogen and oxygen atoms in total. The van der Waals surface area contributed by atoms with Crippen LogP contribution in [-0.4, -0.2) is 93.2 Å². The fourth-order valence-electron chi connectivity index (χ4n) is 6.06. The number of hydroxylamine groups is 2. The average Bonchev–Trinajstić information content (AvgIpc) is 3.11. The first-order chi connectivity index (χ1) is 24.6. The Morgan fingerprint density at radius 3 is 2.47 bits per heavy atom. The fourth-order valence-corrected chi connectivity index (χ4v) is 6.49. The number of halogens is 2. The van der Waals surface area contributed by atoms with Gasteiger partial charge in [0.2, 0.25) is 6.23 Å². The summed E-state index contributed by atoms with van der Waals surface area (Å²) in [4.78, 5) is 29.3. The summed E-state index contributed by atoms with van der Waals surface area (Å²) < 4.78 is 5.65. The number of pyridine rings is 2. The molecule has 51 heavy (non-hydrogen) atoms. The molecule has 2 aromatic heterocycles. The van der Waals surface area contributed by atoms with E-state index < -0.39 is 12.1 Å². The molecule has 2 aliphatic rings. The number of nitrogens with one attached hydrogen (secondary N) is 4. The molecule has 4 heterocycles. The number of carbonyl (C=O) groups excluding carboxylic acids is 1. The highest BCUT2D eigenvalue weighted by Gasteiger charge is 2.32. The van der Waals surface area contributed by atoms with Crippen LogP contribution in [0.2, 0.25) is 10.2 Å². The Bertz CT molecular complexity index is 1880. The zero-order valence-corrected chi connectivity index (χ0v) is 30.7. The molecule has 2 aliphatic heterocycles. The number of hydrogen-bond acceptors (Lipinski definition) is 10. The number of likely N-dealkylation sites (N-methyl/N-ethyl adjacent to an activating group) is 2. The van der Waals surface area contributed by atoms with Crippen molar-refractivity contribution in [1.29, 1.82) is 0 Å². The number of rotatable bonds is 12. The summed E-state index contributed by atoms with van der Waals surface area (Å²) in [5.41, 5.74) is 5.16. The lowest BCUT2D eigenvalue weighted by Gasteiger charge is -2.35. The van der Waals surface area contributed by atoms with Crippen LogP contribution in [0.5, 0.6) is 0 Å². The molecule has 6 rings (SSSR count). The van der Waals surface area contributed by atoms with Crippen LogP contribution in [0.4, 0.5) is 23.0 Å². The van der Waals surface area contributed by atoms with Crippen LogP contribution in [0.3, 0.4) is 0 Å². The van der Waals surface area contributed by atoms with E-state index in [1.807, 2.05) is 26.2 Å². The summed E-state index contributed by atoms with van der Waals surface area (Å²) in [6.45, 7) is 6.17. The molecule has 0 saturated carbocycles. The van der Waals surface area contributed by atoms with Crippen molar-refractivity contribution in [3.05, 3.63) is 110 Å². The van der Waals surface area contributed by atoms with Crippen LogP contribution in [0.15, 0.2) is 66.7 Å². The molecule has 1 amide bonds. The van der Waals surface area contributed by atoms with Crippen molar-refractivity contribution in [2.24, 2.45) is 0 Å². The van der Waals surface area contributed by atoms with Gasteiger partial charge in [0.15, 0.2) is 0 Å². The number of anilines is 4. The third kappa shape index (κ3) is 8.97. The van der Waals surface area contributed by atoms with Crippen molar-refractivity contribution in [1.82, 2.24) is 19.8 Å². The van der Waals surface area contributed by atoms with E-state index in [9.17, 15) is 10.0 Å². The molecule has 0 aliphatic carbocycles. The maximum atomic E-state index is 13.7. The number of ether oxygens (including phenoxy) is 1. The first-order valence-corrected chi connectivity index (χ1v) is 17.6. The second kappa shape index (κ2) is 16.4. The minimum atomic E-state index is -0.912. The molecule has 2 aromatic carbocycles. The number of aromatic nitrogens is 2. The minimum Gasteiger partial charge on any atom is -0.627 e. The molecule has 14 heteroatoms. The van der Waals surface area contributed by atoms with Gasteiger partial charge in [-0.2, -0.15) is 0 Å². The van der Waals surface area contributed by atoms with E-state index >= 15 is 0 Å². The lowest BCUT2D eigenvalue weighted by atomic mass is 10.0. The molecular weight excluding hydrogens is 689 g/mol. The van der Waals surface area contributed by atoms with Crippen molar-refractivity contribution >= 4 is 63.9 Å². The van der Waals surface area contributed by atoms with Gasteiger partial charge in [0.25, 0.3) is 5.91 Å². The molecule has 268 valence electrons. The van der Waals surface area contributed by atoms with Crippen LogP contribution in [0.25, 0.3) is 11.8 Å². The maximum absolute atomic E-state index is 13.7. The van der Waals surface area contributed by atoms with Crippen LogP contribution in [0.1, 0.15) is 39.0 Å². The fraction of sp³-hybridized carbons (Fsp3) is 0.324. The number of quaternary nitrogens is 1. The van der Waals surface area contributed by atoms with E-state index in [4.69, 9.17) is 27.9 Å². The Morgan fingerprint density at radius 1 is 0.980 bits per heavy atom. The van der Waals surface area contributed by atoms with Gasteiger partial charge >= 0.3 is 0 Å². The number of fused-ring (bicyclic) bond motifs is 1. The third-order valence-corrected chi connectivity index (χ3v) is 9.48. The second-order valence-corrected chi connectivity index (χ2v) is 13.8. The SMILES string of the molecule is COC1c2nc(NCCN(C)C)ccc2C=C(c2cc(NC(=O)c3cc(Cl)nc(NCc4ccc(N5CCN(C)CC5)cc4)c3)ccc2Cl)[NH+]1[O-]. The first kappa shape index (κ1) is 36.5. The number of methoxy groups -OCH3 is 1. The molecule has 4 aromatic rings. The quantitative estimate of drug-likeness (QED) is 0.118. The highest BCUT2D eigenvalue weighted by atomic mass is 35.5. The largest absolute Gasteiger partial charge is 0.627 e. The first-order valence-electron chi connectivity index (χ1n) is 16.8. The average molecular weight is 733 g/mol. The predicted octanol–water partition coefficient (Wildman–Crippen LogP) is 4.91. The zero-order chi connectivity index (χ0) is 36.1. The van der Waals surface area contributed by atoms with Crippen molar-refractivity contribution in [2.75, 3.05) is 88.4 Å². The van der Waals surface area contributed by atoms with Crippen molar-refractivity contribution < 1.29 is 14.6 Å². The van der Waals surface area contributed by atoms with E-state index in [1.165, 1.54) is 18.9 Å². The smallest absolute Gasteiger partial charge is 0.255 e. The van der Waals surface area contributed by atoms with Gasteiger partial charge in [0.05, 0.1) is 10.6 Å². The lowest BCUT2D eigenvalue weighted by molar-refractivity contribution is -0.838. The molecule has 2 unspecified atom stereocenters. The Hall–Kier alpha value is -4.27. The van der Waals surface area contributed by atoms with Gasteiger partial charge in [-0.3, -0.25) is 4.79 Å². The van der Waals surface area contributed by atoms with Crippen molar-refractivity contribution in [3.63, 3.8) is 0 Å². The van der Waals surface area contributed by atoms with E-state index in [1.54, 1.807) is 30.3 Å². The van der Waals surface area contributed by atoms with E-state index in [0.717, 1.165) is 43.9 Å². The van der Waals surface area contributed by atoms with Crippen molar-refractivity contribution in [3.8, 4) is 0 Å². The van der Waals surface area contributed by atoms with Crippen LogP contribution in [-0.2, 0) is 11.3 Å². The summed E-state index contributed by atoms with van der Waals surface area (Å²) in [6, 6.07) is 20.4. The number of hydrogen-bond donors (Lipinski definition) is 4. The Kier molecular flexibility index (Phi) is 11.7. The summed E-state index contributed by atoms with van der Waals surface area (Å²) >= 11 is 13.0. The predicted molar refractivity (Wildman–Crippen MR) is 205 cm³/mol. The van der Waals surface area contributed by atoms with Gasteiger partial charge in [0, 0.05) is 81.5 Å². The summed E-state index contributed by atoms with van der Waals surface area (Å²) in [5, 5.41) is 23.5. The van der Waals surface area contributed by atoms with Gasteiger partial charge in [-0.05, 0) is 81.3 Å². The zero-order valence-electron chi connectivity index (χ0n) is 29.2. The molecule has 2 atom stereocenters. The Morgan fingerprint density at radius 2 is 1.75 bits per heavy atom. The minimum absolute atomic E-state index is 0.180. The highest BCUT2D eigenvalue weighted by Crippen LogP contribution is 2.32. The second-order valence-electron chi connectivity index (χ2n) is 13.0. The lowest BCUT2D eigenvalue weighted by Crippen LogP contribution is -3.05. The summed E-state index contributed by atoms with van der Waals surface area (Å²) in [7, 11) is 7.63. The number of benzene rings is 2. The molecule has 0 bridgehead atoms. The maximum Gasteiger partial charge on any atom is 0.255 e. The van der Waals surface area contributed by atoms with E-state index in [2.05, 4.69) is 71.9 Å². The Balaban J connectivity index is 1.14. The van der Waals surface area contributed by atoms with Gasteiger partial charge in [-0.1, -0.05) is 35.3 Å². The van der Waals surface area contributed by atoms with E-state index in [-0.39, 0.29) is 10.2 Å². The molecule has 0 spiro atoms. The number of nitrogens with zero attached hydrogens (tertiary/aromatic N) is 5. The summed E-state index contributed by atoms with van der Waals surface area (Å²) in [5.74, 6) is 0.740. The third-order valence-electron chi connectivity index (χ3n) is 8.96. The molecule has 0 radical (unpaired) electrons. The summed E-state index contributed by atoms with van der Waals surface area (Å²) in [6.07, 6.45) is 0.849. The van der Waals surface area contributed by atoms with Crippen LogP contribution >= 0.6 is 23.2 Å². The topological polar surface area (TPSA) is 125 Å². The van der Waals surface area contributed by atoms with Gasteiger partial charge in [-0.25, -0.2) is 9.97 Å². The van der Waals surface area contributed by atoms with Crippen LogP contribution < -0.4 is 25.9 Å². The number of piperazine rings is 1. The standard InChI is InChI=1S/C37H43Cl2N9O3/c1-45(2)14-13-40-33-12-7-25-19-31(48(50)37(51-4)35(25)44-33)29-22-27(8-11-30(29)38)42-36(49)26-20-32(39)43-34(21-26)41-23-24-5-9-28(10-6-24)47-17-15-46(3)16-18-47/h5-12,19-22,37,48H,13-18,23H2,1-4H3,(H,40,44)(H,41,43)(H,42,49). The monoisotopic (exact) mass is 731 g/mol. The molecule has 1 fully saturated rings.